The van der Waals surface area contributed by atoms with E-state index >= 15 is 0 Å². The Morgan fingerprint density at radius 1 is 1.58 bits per heavy atom. The number of anilines is 1. The predicted molar refractivity (Wildman–Crippen MR) is 71.3 cm³/mol. The molecule has 2 rings (SSSR count). The molecular weight excluding hydrogens is 248 g/mol. The number of hydrogen-bond donors (Lipinski definition) is 1. The van der Waals surface area contributed by atoms with E-state index in [1.54, 1.807) is 18.8 Å². The summed E-state index contributed by atoms with van der Waals surface area (Å²) in [6.45, 7) is 2.44. The molecule has 0 aliphatic heterocycles. The van der Waals surface area contributed by atoms with Crippen LogP contribution in [-0.2, 0) is 18.2 Å². The molecule has 1 heterocycles. The Labute approximate surface area is 112 Å². The van der Waals surface area contributed by atoms with Crippen molar-refractivity contribution in [2.75, 3.05) is 19.0 Å². The lowest BCUT2D eigenvalue weighted by Gasteiger charge is -2.40. The summed E-state index contributed by atoms with van der Waals surface area (Å²) in [5.74, 6) is 0.463. The van der Waals surface area contributed by atoms with Crippen molar-refractivity contribution in [1.29, 1.82) is 0 Å². The van der Waals surface area contributed by atoms with Crippen molar-refractivity contribution in [2.45, 2.75) is 38.2 Å². The lowest BCUT2D eigenvalue weighted by molar-refractivity contribution is -0.384. The third-order valence-electron chi connectivity index (χ3n) is 3.89. The second-order valence-electron chi connectivity index (χ2n) is 4.97. The zero-order valence-corrected chi connectivity index (χ0v) is 11.6. The molecule has 0 spiro atoms. The fraction of sp³-hybridized carbons (Fsp3) is 0.750. The molecule has 19 heavy (non-hydrogen) atoms. The van der Waals surface area contributed by atoms with Gasteiger partial charge in [0.05, 0.1) is 10.5 Å². The van der Waals surface area contributed by atoms with Crippen LogP contribution in [0.3, 0.4) is 0 Å². The molecule has 1 aliphatic carbocycles. The highest BCUT2D eigenvalue weighted by atomic mass is 16.6. The van der Waals surface area contributed by atoms with Crippen LogP contribution in [-0.4, -0.2) is 34.0 Å². The Bertz CT molecular complexity index is 474. The van der Waals surface area contributed by atoms with Gasteiger partial charge in [-0.3, -0.25) is 10.1 Å². The molecule has 0 atom stereocenters. The van der Waals surface area contributed by atoms with Crippen molar-refractivity contribution >= 4 is 11.5 Å². The number of nitrogens with zero attached hydrogens (tertiary/aromatic N) is 3. The minimum absolute atomic E-state index is 0.0792. The molecule has 0 radical (unpaired) electrons. The Morgan fingerprint density at radius 3 is 2.68 bits per heavy atom. The second kappa shape index (κ2) is 5.16. The fourth-order valence-corrected chi connectivity index (χ4v) is 2.47. The van der Waals surface area contributed by atoms with Crippen LogP contribution in [0, 0.1) is 10.1 Å². The number of nitrogens with one attached hydrogen (secondary N) is 1. The standard InChI is InChI=1S/C12H20N4O3/c1-4-9-10(16(17)18)11(15(2)14-9)13-8-12(19-3)6-5-7-12/h13H,4-8H2,1-3H3. The molecule has 7 nitrogen and oxygen atoms in total. The molecule has 1 N–H and O–H groups in total. The fourth-order valence-electron chi connectivity index (χ4n) is 2.47. The highest BCUT2D eigenvalue weighted by Gasteiger charge is 2.38. The van der Waals surface area contributed by atoms with Crippen LogP contribution in [0.1, 0.15) is 31.9 Å². The van der Waals surface area contributed by atoms with E-state index in [4.69, 9.17) is 4.74 Å². The monoisotopic (exact) mass is 268 g/mol. The number of ether oxygens (including phenoxy) is 1. The van der Waals surface area contributed by atoms with Crippen LogP contribution >= 0.6 is 0 Å². The molecule has 0 bridgehead atoms. The van der Waals surface area contributed by atoms with Crippen LogP contribution in [0.25, 0.3) is 0 Å². The van der Waals surface area contributed by atoms with Gasteiger partial charge >= 0.3 is 5.69 Å². The van der Waals surface area contributed by atoms with E-state index in [-0.39, 0.29) is 16.2 Å². The molecule has 1 aromatic heterocycles. The first-order chi connectivity index (χ1) is 9.03. The molecular formula is C12H20N4O3. The van der Waals surface area contributed by atoms with Gasteiger partial charge in [0.2, 0.25) is 5.82 Å². The van der Waals surface area contributed by atoms with E-state index in [0.717, 1.165) is 19.3 Å². The van der Waals surface area contributed by atoms with Crippen molar-refractivity contribution in [3.8, 4) is 0 Å². The van der Waals surface area contributed by atoms with Gasteiger partial charge in [0.25, 0.3) is 0 Å². The highest BCUT2D eigenvalue weighted by Crippen LogP contribution is 2.36. The summed E-state index contributed by atoms with van der Waals surface area (Å²) in [6, 6.07) is 0. The summed E-state index contributed by atoms with van der Waals surface area (Å²) in [6.07, 6.45) is 3.66. The molecule has 1 fully saturated rings. The van der Waals surface area contributed by atoms with Crippen molar-refractivity contribution in [2.24, 2.45) is 7.05 Å². The van der Waals surface area contributed by atoms with Crippen LogP contribution in [0.15, 0.2) is 0 Å². The van der Waals surface area contributed by atoms with E-state index in [1.807, 2.05) is 6.92 Å². The Morgan fingerprint density at radius 2 is 2.26 bits per heavy atom. The van der Waals surface area contributed by atoms with Crippen LogP contribution < -0.4 is 5.32 Å². The first kappa shape index (κ1) is 13.8. The van der Waals surface area contributed by atoms with Gasteiger partial charge in [-0.05, 0) is 25.7 Å². The third-order valence-corrected chi connectivity index (χ3v) is 3.89. The summed E-state index contributed by atoms with van der Waals surface area (Å²) in [4.78, 5) is 10.8. The maximum absolute atomic E-state index is 11.2. The van der Waals surface area contributed by atoms with Gasteiger partial charge in [-0.1, -0.05) is 6.92 Å². The maximum Gasteiger partial charge on any atom is 0.333 e. The van der Waals surface area contributed by atoms with Crippen LogP contribution in [0.5, 0.6) is 0 Å². The van der Waals surface area contributed by atoms with E-state index < -0.39 is 0 Å². The summed E-state index contributed by atoms with van der Waals surface area (Å²) in [5, 5.41) is 18.5. The topological polar surface area (TPSA) is 82.2 Å². The number of hydrogen-bond acceptors (Lipinski definition) is 5. The Kier molecular flexibility index (Phi) is 3.75. The van der Waals surface area contributed by atoms with Crippen LogP contribution in [0.4, 0.5) is 11.5 Å². The SMILES string of the molecule is CCc1nn(C)c(NCC2(OC)CCC2)c1[N+](=O)[O-]. The van der Waals surface area contributed by atoms with Crippen molar-refractivity contribution in [1.82, 2.24) is 9.78 Å². The molecule has 7 heteroatoms. The third kappa shape index (κ3) is 2.42. The minimum atomic E-state index is -0.367. The second-order valence-corrected chi connectivity index (χ2v) is 4.97. The largest absolute Gasteiger partial charge is 0.376 e. The van der Waals surface area contributed by atoms with Gasteiger partial charge in [-0.2, -0.15) is 5.10 Å². The Hall–Kier alpha value is -1.63. The molecule has 0 saturated heterocycles. The summed E-state index contributed by atoms with van der Waals surface area (Å²) >= 11 is 0. The average molecular weight is 268 g/mol. The van der Waals surface area contributed by atoms with Gasteiger partial charge in [-0.15, -0.1) is 0 Å². The number of aromatic nitrogens is 2. The molecule has 1 aliphatic rings. The highest BCUT2D eigenvalue weighted by molar-refractivity contribution is 5.60. The molecule has 1 saturated carbocycles. The van der Waals surface area contributed by atoms with Gasteiger partial charge in [0.1, 0.15) is 5.69 Å². The number of aryl methyl sites for hydroxylation is 2. The van der Waals surface area contributed by atoms with Crippen molar-refractivity contribution in [3.05, 3.63) is 15.8 Å². The Balaban J connectivity index is 2.19. The first-order valence-corrected chi connectivity index (χ1v) is 6.52. The van der Waals surface area contributed by atoms with E-state index in [0.29, 0.717) is 24.5 Å². The predicted octanol–water partition coefficient (Wildman–Crippen LogP) is 1.87. The van der Waals surface area contributed by atoms with Gasteiger partial charge in [0.15, 0.2) is 0 Å². The van der Waals surface area contributed by atoms with Gasteiger partial charge < -0.3 is 10.1 Å². The van der Waals surface area contributed by atoms with Crippen molar-refractivity contribution < 1.29 is 9.66 Å². The zero-order chi connectivity index (χ0) is 14.0. The lowest BCUT2D eigenvalue weighted by atomic mass is 9.80. The maximum atomic E-state index is 11.2. The molecule has 106 valence electrons. The van der Waals surface area contributed by atoms with E-state index in [9.17, 15) is 10.1 Å². The average Bonchev–Trinajstić information content (AvgIpc) is 2.65. The molecule has 1 aromatic rings. The molecule has 0 aromatic carbocycles. The van der Waals surface area contributed by atoms with E-state index in [2.05, 4.69) is 10.4 Å². The normalized spacial score (nSPS) is 17.0. The smallest absolute Gasteiger partial charge is 0.333 e. The van der Waals surface area contributed by atoms with Gasteiger partial charge in [0, 0.05) is 20.7 Å². The number of methoxy groups -OCH3 is 1. The molecule has 0 amide bonds. The quantitative estimate of drug-likeness (QED) is 0.629. The first-order valence-electron chi connectivity index (χ1n) is 6.52. The minimum Gasteiger partial charge on any atom is -0.376 e. The number of rotatable bonds is 6. The van der Waals surface area contributed by atoms with Crippen molar-refractivity contribution in [3.63, 3.8) is 0 Å². The summed E-state index contributed by atoms with van der Waals surface area (Å²) in [5.41, 5.74) is 0.412. The van der Waals surface area contributed by atoms with Gasteiger partial charge in [-0.25, -0.2) is 4.68 Å². The van der Waals surface area contributed by atoms with E-state index in [1.165, 1.54) is 0 Å². The zero-order valence-electron chi connectivity index (χ0n) is 11.6. The van der Waals surface area contributed by atoms with Crippen LogP contribution in [0.2, 0.25) is 0 Å². The number of nitro groups is 1. The lowest BCUT2D eigenvalue weighted by Crippen LogP contribution is -2.45. The summed E-state index contributed by atoms with van der Waals surface area (Å²) in [7, 11) is 3.41. The summed E-state index contributed by atoms with van der Waals surface area (Å²) < 4.78 is 7.05. The molecule has 0 unspecified atom stereocenters.